The van der Waals surface area contributed by atoms with Crippen molar-refractivity contribution in [2.45, 2.75) is 46.2 Å². The molecule has 0 aromatic heterocycles. The highest BCUT2D eigenvalue weighted by atomic mass is 79.9. The Bertz CT molecular complexity index is 471. The van der Waals surface area contributed by atoms with E-state index in [0.717, 1.165) is 10.9 Å². The van der Waals surface area contributed by atoms with Crippen molar-refractivity contribution < 1.29 is 9.18 Å². The Morgan fingerprint density at radius 2 is 2.10 bits per heavy atom. The lowest BCUT2D eigenvalue weighted by atomic mass is 9.87. The second-order valence-electron chi connectivity index (χ2n) is 6.24. The normalized spacial score (nSPS) is 13.1. The van der Waals surface area contributed by atoms with Crippen LogP contribution in [-0.4, -0.2) is 11.9 Å². The predicted octanol–water partition coefficient (Wildman–Crippen LogP) is 3.36. The third-order valence-corrected chi connectivity index (χ3v) is 3.30. The van der Waals surface area contributed by atoms with Crippen LogP contribution >= 0.6 is 15.9 Å². The van der Waals surface area contributed by atoms with Crippen LogP contribution in [-0.2, 0) is 11.3 Å². The van der Waals surface area contributed by atoms with Gasteiger partial charge in [-0.05, 0) is 30.0 Å². The van der Waals surface area contributed by atoms with Crippen molar-refractivity contribution in [3.8, 4) is 0 Å². The van der Waals surface area contributed by atoms with Crippen LogP contribution in [0.3, 0.4) is 0 Å². The molecule has 0 aliphatic rings. The van der Waals surface area contributed by atoms with E-state index in [0.29, 0.717) is 5.56 Å². The van der Waals surface area contributed by atoms with Crippen molar-refractivity contribution >= 4 is 21.8 Å². The monoisotopic (exact) mass is 344 g/mol. The minimum Gasteiger partial charge on any atom is -0.352 e. The zero-order valence-corrected chi connectivity index (χ0v) is 13.8. The number of halogens is 2. The summed E-state index contributed by atoms with van der Waals surface area (Å²) in [6, 6.07) is 4.48. The van der Waals surface area contributed by atoms with Crippen LogP contribution in [0.25, 0.3) is 0 Å². The SMILES string of the molecule is CC(C)(C)CC(N)CC(=O)NCc1cc(Br)ccc1F. The molecule has 0 bridgehead atoms. The minimum absolute atomic E-state index is 0.0934. The molecule has 112 valence electrons. The Labute approximate surface area is 128 Å². The summed E-state index contributed by atoms with van der Waals surface area (Å²) in [5.74, 6) is -0.478. The van der Waals surface area contributed by atoms with Gasteiger partial charge in [-0.1, -0.05) is 36.7 Å². The fourth-order valence-corrected chi connectivity index (χ4v) is 2.45. The number of nitrogens with one attached hydrogen (secondary N) is 1. The van der Waals surface area contributed by atoms with E-state index in [2.05, 4.69) is 42.0 Å². The lowest BCUT2D eigenvalue weighted by Gasteiger charge is -2.22. The van der Waals surface area contributed by atoms with Gasteiger partial charge in [-0.3, -0.25) is 4.79 Å². The van der Waals surface area contributed by atoms with Crippen molar-refractivity contribution in [3.05, 3.63) is 34.1 Å². The minimum atomic E-state index is -0.326. The number of nitrogens with two attached hydrogens (primary N) is 1. The van der Waals surface area contributed by atoms with Gasteiger partial charge in [0.05, 0.1) is 0 Å². The maximum absolute atomic E-state index is 13.5. The Morgan fingerprint density at radius 1 is 1.45 bits per heavy atom. The highest BCUT2D eigenvalue weighted by Gasteiger charge is 2.18. The molecular weight excluding hydrogens is 323 g/mol. The fraction of sp³-hybridized carbons (Fsp3) is 0.533. The number of rotatable bonds is 5. The highest BCUT2D eigenvalue weighted by Crippen LogP contribution is 2.21. The topological polar surface area (TPSA) is 55.1 Å². The summed E-state index contributed by atoms with van der Waals surface area (Å²) in [5.41, 5.74) is 6.49. The lowest BCUT2D eigenvalue weighted by Crippen LogP contribution is -2.34. The van der Waals surface area contributed by atoms with Crippen LogP contribution in [0, 0.1) is 11.2 Å². The number of carbonyl (C=O) groups excluding carboxylic acids is 1. The molecule has 1 unspecified atom stereocenters. The van der Waals surface area contributed by atoms with Crippen molar-refractivity contribution in [3.63, 3.8) is 0 Å². The van der Waals surface area contributed by atoms with Crippen molar-refractivity contribution in [2.75, 3.05) is 0 Å². The van der Waals surface area contributed by atoms with Gasteiger partial charge >= 0.3 is 0 Å². The molecular formula is C15H22BrFN2O. The van der Waals surface area contributed by atoms with Crippen molar-refractivity contribution in [2.24, 2.45) is 11.1 Å². The number of carbonyl (C=O) groups is 1. The standard InChI is InChI=1S/C15H22BrFN2O/c1-15(2,3)8-12(18)7-14(20)19-9-10-6-11(16)4-5-13(10)17/h4-6,12H,7-9,18H2,1-3H3,(H,19,20). The van der Waals surface area contributed by atoms with Crippen LogP contribution in [0.1, 0.15) is 39.2 Å². The summed E-state index contributed by atoms with van der Waals surface area (Å²) in [5, 5.41) is 2.70. The summed E-state index contributed by atoms with van der Waals surface area (Å²) in [6.07, 6.45) is 1.03. The Balaban J connectivity index is 2.45. The van der Waals surface area contributed by atoms with Crippen LogP contribution < -0.4 is 11.1 Å². The molecule has 0 saturated heterocycles. The van der Waals surface area contributed by atoms with E-state index in [-0.39, 0.29) is 36.1 Å². The summed E-state index contributed by atoms with van der Waals surface area (Å²) in [7, 11) is 0. The van der Waals surface area contributed by atoms with E-state index < -0.39 is 0 Å². The molecule has 1 amide bonds. The van der Waals surface area contributed by atoms with Crippen molar-refractivity contribution in [1.82, 2.24) is 5.32 Å². The number of amides is 1. The van der Waals surface area contributed by atoms with E-state index in [1.807, 2.05) is 0 Å². The number of benzene rings is 1. The first-order valence-electron chi connectivity index (χ1n) is 6.63. The largest absolute Gasteiger partial charge is 0.352 e. The average molecular weight is 345 g/mol. The Morgan fingerprint density at radius 3 is 2.70 bits per heavy atom. The lowest BCUT2D eigenvalue weighted by molar-refractivity contribution is -0.121. The molecule has 3 N–H and O–H groups in total. The van der Waals surface area contributed by atoms with E-state index in [4.69, 9.17) is 5.73 Å². The third-order valence-electron chi connectivity index (χ3n) is 2.81. The first-order chi connectivity index (χ1) is 9.17. The van der Waals surface area contributed by atoms with Gasteiger partial charge in [0.15, 0.2) is 0 Å². The van der Waals surface area contributed by atoms with Gasteiger partial charge in [0.25, 0.3) is 0 Å². The summed E-state index contributed by atoms with van der Waals surface area (Å²) >= 11 is 3.28. The molecule has 0 spiro atoms. The second kappa shape index (κ2) is 7.18. The Kier molecular flexibility index (Phi) is 6.14. The molecule has 0 aliphatic heterocycles. The predicted molar refractivity (Wildman–Crippen MR) is 82.6 cm³/mol. The number of hydrogen-bond donors (Lipinski definition) is 2. The van der Waals surface area contributed by atoms with Gasteiger partial charge in [-0.15, -0.1) is 0 Å². The zero-order chi connectivity index (χ0) is 15.3. The summed E-state index contributed by atoms with van der Waals surface area (Å²) < 4.78 is 14.3. The van der Waals surface area contributed by atoms with Crippen LogP contribution in [0.2, 0.25) is 0 Å². The first-order valence-corrected chi connectivity index (χ1v) is 7.43. The van der Waals surface area contributed by atoms with Gasteiger partial charge in [0.2, 0.25) is 5.91 Å². The highest BCUT2D eigenvalue weighted by molar-refractivity contribution is 9.10. The van der Waals surface area contributed by atoms with E-state index in [9.17, 15) is 9.18 Å². The smallest absolute Gasteiger partial charge is 0.221 e. The maximum Gasteiger partial charge on any atom is 0.221 e. The quantitative estimate of drug-likeness (QED) is 0.860. The molecule has 0 heterocycles. The maximum atomic E-state index is 13.5. The van der Waals surface area contributed by atoms with Gasteiger partial charge < -0.3 is 11.1 Å². The molecule has 5 heteroatoms. The van der Waals surface area contributed by atoms with Gasteiger partial charge in [-0.2, -0.15) is 0 Å². The molecule has 0 fully saturated rings. The third kappa shape index (κ3) is 6.48. The zero-order valence-electron chi connectivity index (χ0n) is 12.2. The molecule has 0 saturated carbocycles. The molecule has 1 atom stereocenters. The van der Waals surface area contributed by atoms with E-state index >= 15 is 0 Å². The fourth-order valence-electron chi connectivity index (χ4n) is 2.04. The molecule has 3 nitrogen and oxygen atoms in total. The summed E-state index contributed by atoms with van der Waals surface area (Å²) in [6.45, 7) is 6.43. The van der Waals surface area contributed by atoms with Crippen LogP contribution in [0.4, 0.5) is 4.39 Å². The molecule has 1 rings (SSSR count). The number of hydrogen-bond acceptors (Lipinski definition) is 2. The van der Waals surface area contributed by atoms with Crippen molar-refractivity contribution in [1.29, 1.82) is 0 Å². The van der Waals surface area contributed by atoms with E-state index in [1.165, 1.54) is 6.07 Å². The molecule has 0 radical (unpaired) electrons. The molecule has 20 heavy (non-hydrogen) atoms. The Hall–Kier alpha value is -0.940. The first kappa shape index (κ1) is 17.1. The molecule has 1 aromatic carbocycles. The van der Waals surface area contributed by atoms with Crippen LogP contribution in [0.15, 0.2) is 22.7 Å². The van der Waals surface area contributed by atoms with Gasteiger partial charge in [0, 0.05) is 29.0 Å². The van der Waals surface area contributed by atoms with Gasteiger partial charge in [0.1, 0.15) is 5.82 Å². The van der Waals surface area contributed by atoms with Gasteiger partial charge in [-0.25, -0.2) is 4.39 Å². The van der Waals surface area contributed by atoms with E-state index in [1.54, 1.807) is 12.1 Å². The molecule has 1 aromatic rings. The molecule has 0 aliphatic carbocycles. The van der Waals surface area contributed by atoms with Crippen LogP contribution in [0.5, 0.6) is 0 Å². The second-order valence-corrected chi connectivity index (χ2v) is 7.16. The summed E-state index contributed by atoms with van der Waals surface area (Å²) in [4.78, 5) is 11.8. The average Bonchev–Trinajstić information content (AvgIpc) is 2.27.